The molecule has 1 saturated heterocycles. The molecule has 0 aromatic carbocycles. The highest BCUT2D eigenvalue weighted by atomic mass is 32.2. The van der Waals surface area contributed by atoms with Gasteiger partial charge in [0.1, 0.15) is 10.6 Å². The van der Waals surface area contributed by atoms with Crippen LogP contribution in [0.3, 0.4) is 0 Å². The third kappa shape index (κ3) is 2.71. The van der Waals surface area contributed by atoms with Gasteiger partial charge in [0.2, 0.25) is 15.9 Å². The van der Waals surface area contributed by atoms with E-state index in [1.807, 2.05) is 13.8 Å². The molecule has 1 unspecified atom stereocenters. The summed E-state index contributed by atoms with van der Waals surface area (Å²) in [5.74, 6) is 0.214. The van der Waals surface area contributed by atoms with E-state index in [0.717, 1.165) is 0 Å². The predicted octanol–water partition coefficient (Wildman–Crippen LogP) is 0.579. The van der Waals surface area contributed by atoms with E-state index in [0.29, 0.717) is 12.2 Å². The number of hydrogen-bond acceptors (Lipinski definition) is 5. The quantitative estimate of drug-likeness (QED) is 0.878. The van der Waals surface area contributed by atoms with Crippen molar-refractivity contribution in [3.8, 4) is 0 Å². The third-order valence-electron chi connectivity index (χ3n) is 3.34. The van der Waals surface area contributed by atoms with Gasteiger partial charge >= 0.3 is 0 Å². The van der Waals surface area contributed by atoms with Crippen molar-refractivity contribution in [1.29, 1.82) is 0 Å². The lowest BCUT2D eigenvalue weighted by Crippen LogP contribution is -2.39. The van der Waals surface area contributed by atoms with E-state index in [2.05, 4.69) is 9.88 Å². The molecule has 8 heteroatoms. The molecule has 0 bridgehead atoms. The number of nitrogens with zero attached hydrogens (tertiary/aromatic N) is 2. The molecule has 1 aromatic heterocycles. The highest BCUT2D eigenvalue weighted by Gasteiger charge is 2.35. The van der Waals surface area contributed by atoms with E-state index in [4.69, 9.17) is 4.52 Å². The van der Waals surface area contributed by atoms with Crippen molar-refractivity contribution in [1.82, 2.24) is 14.8 Å². The molecule has 0 saturated carbocycles. The third-order valence-corrected chi connectivity index (χ3v) is 5.10. The summed E-state index contributed by atoms with van der Waals surface area (Å²) in [6.45, 7) is 7.32. The van der Waals surface area contributed by atoms with Gasteiger partial charge in [-0.1, -0.05) is 5.16 Å². The van der Waals surface area contributed by atoms with E-state index in [9.17, 15) is 13.2 Å². The van der Waals surface area contributed by atoms with Gasteiger partial charge in [-0.15, -0.1) is 0 Å². The summed E-state index contributed by atoms with van der Waals surface area (Å²) in [7, 11) is -3.72. The van der Waals surface area contributed by atoms with Crippen LogP contribution in [0.5, 0.6) is 0 Å². The van der Waals surface area contributed by atoms with Gasteiger partial charge in [-0.05, 0) is 27.7 Å². The number of likely N-dealkylation sites (tertiary alicyclic amines) is 1. The van der Waals surface area contributed by atoms with E-state index in [-0.39, 0.29) is 29.0 Å². The second kappa shape index (κ2) is 5.17. The van der Waals surface area contributed by atoms with E-state index in [1.54, 1.807) is 18.7 Å². The Morgan fingerprint density at radius 1 is 1.40 bits per heavy atom. The monoisotopic (exact) mass is 301 g/mol. The van der Waals surface area contributed by atoms with Gasteiger partial charge in [0.25, 0.3) is 0 Å². The zero-order valence-corrected chi connectivity index (χ0v) is 12.8. The fourth-order valence-corrected chi connectivity index (χ4v) is 4.00. The summed E-state index contributed by atoms with van der Waals surface area (Å²) < 4.78 is 32.1. The smallest absolute Gasteiger partial charge is 0.246 e. The molecule has 0 radical (unpaired) electrons. The maximum absolute atomic E-state index is 12.3. The van der Waals surface area contributed by atoms with Crippen LogP contribution >= 0.6 is 0 Å². The summed E-state index contributed by atoms with van der Waals surface area (Å²) in [6, 6.07) is -0.348. The predicted molar refractivity (Wildman–Crippen MR) is 71.6 cm³/mol. The van der Waals surface area contributed by atoms with Crippen molar-refractivity contribution in [2.75, 3.05) is 6.54 Å². The molecule has 2 heterocycles. The zero-order valence-electron chi connectivity index (χ0n) is 12.0. The van der Waals surface area contributed by atoms with Crippen LogP contribution in [-0.2, 0) is 14.8 Å². The average molecular weight is 301 g/mol. The number of nitrogens with one attached hydrogen (secondary N) is 1. The Morgan fingerprint density at radius 2 is 2.05 bits per heavy atom. The lowest BCUT2D eigenvalue weighted by atomic mass is 10.3. The topological polar surface area (TPSA) is 92.5 Å². The molecule has 2 rings (SSSR count). The van der Waals surface area contributed by atoms with Gasteiger partial charge in [0, 0.05) is 25.0 Å². The lowest BCUT2D eigenvalue weighted by Gasteiger charge is -2.21. The Balaban J connectivity index is 2.17. The van der Waals surface area contributed by atoms with Crippen molar-refractivity contribution in [2.24, 2.45) is 0 Å². The summed E-state index contributed by atoms with van der Waals surface area (Å²) in [4.78, 5) is 13.5. The van der Waals surface area contributed by atoms with E-state index < -0.39 is 16.1 Å². The standard InChI is InChI=1S/C12H19N3O4S/c1-7(2)15-6-10(5-11(15)16)14-20(17,18)12-8(3)13-19-9(12)4/h7,10,14H,5-6H2,1-4H3. The molecule has 1 amide bonds. The van der Waals surface area contributed by atoms with Crippen molar-refractivity contribution >= 4 is 15.9 Å². The first-order valence-corrected chi connectivity index (χ1v) is 7.95. The number of carbonyl (C=O) groups is 1. The number of carbonyl (C=O) groups excluding carboxylic acids is 1. The molecular weight excluding hydrogens is 282 g/mol. The van der Waals surface area contributed by atoms with Gasteiger partial charge in [-0.3, -0.25) is 4.79 Å². The first-order chi connectivity index (χ1) is 9.22. The molecule has 112 valence electrons. The van der Waals surface area contributed by atoms with Crippen LogP contribution in [0.15, 0.2) is 9.42 Å². The molecule has 0 spiro atoms. The van der Waals surface area contributed by atoms with Gasteiger partial charge < -0.3 is 9.42 Å². The lowest BCUT2D eigenvalue weighted by molar-refractivity contribution is -0.129. The molecule has 1 aliphatic heterocycles. The molecule has 7 nitrogen and oxygen atoms in total. The van der Waals surface area contributed by atoms with Crippen LogP contribution in [0.1, 0.15) is 31.7 Å². The second-order valence-corrected chi connectivity index (χ2v) is 6.97. The number of aromatic nitrogens is 1. The fraction of sp³-hybridized carbons (Fsp3) is 0.667. The number of hydrogen-bond donors (Lipinski definition) is 1. The minimum absolute atomic E-state index is 0.0357. The molecule has 1 atom stereocenters. The molecule has 0 aliphatic carbocycles. The van der Waals surface area contributed by atoms with Crippen LogP contribution in [0.4, 0.5) is 0 Å². The van der Waals surface area contributed by atoms with E-state index >= 15 is 0 Å². The highest BCUT2D eigenvalue weighted by molar-refractivity contribution is 7.89. The van der Waals surface area contributed by atoms with Crippen molar-refractivity contribution < 1.29 is 17.7 Å². The zero-order chi connectivity index (χ0) is 15.1. The first kappa shape index (κ1) is 15.0. The first-order valence-electron chi connectivity index (χ1n) is 6.47. The molecule has 1 fully saturated rings. The maximum Gasteiger partial charge on any atom is 0.246 e. The van der Waals surface area contributed by atoms with Crippen molar-refractivity contribution in [3.05, 3.63) is 11.5 Å². The van der Waals surface area contributed by atoms with Crippen LogP contribution in [0, 0.1) is 13.8 Å². The Bertz CT molecular complexity index is 601. The molecular formula is C12H19N3O4S. The normalized spacial score (nSPS) is 20.1. The summed E-state index contributed by atoms with van der Waals surface area (Å²) >= 11 is 0. The summed E-state index contributed by atoms with van der Waals surface area (Å²) in [5.41, 5.74) is 0.319. The van der Waals surface area contributed by atoms with Gasteiger partial charge in [-0.25, -0.2) is 13.1 Å². The van der Waals surface area contributed by atoms with Gasteiger partial charge in [0.15, 0.2) is 5.76 Å². The number of aryl methyl sites for hydroxylation is 2. The number of rotatable bonds is 4. The molecule has 1 aliphatic rings. The molecule has 1 N–H and O–H groups in total. The van der Waals surface area contributed by atoms with Crippen LogP contribution in [0.25, 0.3) is 0 Å². The Labute approximate surface area is 118 Å². The fourth-order valence-electron chi connectivity index (χ4n) is 2.45. The van der Waals surface area contributed by atoms with Crippen LogP contribution in [0.2, 0.25) is 0 Å². The Hall–Kier alpha value is -1.41. The van der Waals surface area contributed by atoms with Gasteiger partial charge in [0.05, 0.1) is 0 Å². The minimum atomic E-state index is -3.72. The van der Waals surface area contributed by atoms with E-state index in [1.165, 1.54) is 0 Å². The van der Waals surface area contributed by atoms with Crippen LogP contribution in [-0.4, -0.2) is 43.0 Å². The van der Waals surface area contributed by atoms with Crippen LogP contribution < -0.4 is 4.72 Å². The highest BCUT2D eigenvalue weighted by Crippen LogP contribution is 2.21. The largest absolute Gasteiger partial charge is 0.360 e. The Kier molecular flexibility index (Phi) is 3.88. The van der Waals surface area contributed by atoms with Crippen molar-refractivity contribution in [2.45, 2.75) is 51.1 Å². The number of amides is 1. The SMILES string of the molecule is Cc1noc(C)c1S(=O)(=O)NC1CC(=O)N(C(C)C)C1. The number of sulfonamides is 1. The van der Waals surface area contributed by atoms with Gasteiger partial charge in [-0.2, -0.15) is 0 Å². The minimum Gasteiger partial charge on any atom is -0.360 e. The maximum atomic E-state index is 12.3. The molecule has 1 aromatic rings. The molecule has 20 heavy (non-hydrogen) atoms. The average Bonchev–Trinajstić information content (AvgIpc) is 2.82. The van der Waals surface area contributed by atoms with Crippen molar-refractivity contribution in [3.63, 3.8) is 0 Å². The Morgan fingerprint density at radius 3 is 2.50 bits per heavy atom. The summed E-state index contributed by atoms with van der Waals surface area (Å²) in [6.07, 6.45) is 0.181. The summed E-state index contributed by atoms with van der Waals surface area (Å²) in [5, 5.41) is 3.64. The second-order valence-electron chi connectivity index (χ2n) is 5.32.